The SMILES string of the molecule is O=C(Nc1c(Br)cc(Br)cc1C(=O)O)c1cc[nH]c(=O)c1. The molecule has 21 heavy (non-hydrogen) atoms. The maximum atomic E-state index is 12.1. The van der Waals surface area contributed by atoms with Gasteiger partial charge in [-0.05, 0) is 34.1 Å². The van der Waals surface area contributed by atoms with Gasteiger partial charge in [-0.15, -0.1) is 0 Å². The number of aromatic carboxylic acids is 1. The molecule has 2 rings (SSSR count). The summed E-state index contributed by atoms with van der Waals surface area (Å²) in [5, 5.41) is 11.7. The number of H-pyrrole nitrogens is 1. The van der Waals surface area contributed by atoms with Crippen LogP contribution >= 0.6 is 31.9 Å². The summed E-state index contributed by atoms with van der Waals surface area (Å²) in [5.74, 6) is -1.76. The highest BCUT2D eigenvalue weighted by Gasteiger charge is 2.17. The molecule has 0 aliphatic carbocycles. The molecule has 0 spiro atoms. The largest absolute Gasteiger partial charge is 0.478 e. The molecule has 3 N–H and O–H groups in total. The topological polar surface area (TPSA) is 99.3 Å². The third-order valence-corrected chi connectivity index (χ3v) is 3.64. The first kappa shape index (κ1) is 15.5. The van der Waals surface area contributed by atoms with E-state index in [0.29, 0.717) is 8.95 Å². The molecule has 0 saturated carbocycles. The number of rotatable bonds is 3. The first-order chi connectivity index (χ1) is 9.88. The lowest BCUT2D eigenvalue weighted by Gasteiger charge is -2.11. The quantitative estimate of drug-likeness (QED) is 0.717. The van der Waals surface area contributed by atoms with Gasteiger partial charge in [0.05, 0.1) is 11.3 Å². The van der Waals surface area contributed by atoms with Gasteiger partial charge in [-0.3, -0.25) is 9.59 Å². The summed E-state index contributed by atoms with van der Waals surface area (Å²) in [5.41, 5.74) is -0.244. The van der Waals surface area contributed by atoms with Crippen molar-refractivity contribution in [3.63, 3.8) is 0 Å². The standard InChI is InChI=1S/C13H8Br2N2O4/c14-7-4-8(13(20)21)11(9(15)5-7)17-12(19)6-1-2-16-10(18)3-6/h1-5H,(H,16,18)(H,17,19)(H,20,21). The van der Waals surface area contributed by atoms with Crippen molar-refractivity contribution in [3.05, 3.63) is 60.9 Å². The van der Waals surface area contributed by atoms with Crippen LogP contribution in [-0.4, -0.2) is 22.0 Å². The van der Waals surface area contributed by atoms with Crippen LogP contribution < -0.4 is 10.9 Å². The summed E-state index contributed by atoms with van der Waals surface area (Å²) in [6.45, 7) is 0. The lowest BCUT2D eigenvalue weighted by molar-refractivity contribution is 0.0698. The molecule has 0 fully saturated rings. The fraction of sp³-hybridized carbons (Fsp3) is 0. The van der Waals surface area contributed by atoms with Gasteiger partial charge in [0.15, 0.2) is 0 Å². The number of aromatic nitrogens is 1. The fourth-order valence-electron chi connectivity index (χ4n) is 1.64. The summed E-state index contributed by atoms with van der Waals surface area (Å²) >= 11 is 6.39. The van der Waals surface area contributed by atoms with E-state index >= 15 is 0 Å². The third kappa shape index (κ3) is 3.59. The van der Waals surface area contributed by atoms with Crippen LogP contribution in [0.15, 0.2) is 44.2 Å². The molecule has 2 aromatic rings. The number of carboxylic acid groups (broad SMARTS) is 1. The van der Waals surface area contributed by atoms with Gasteiger partial charge in [-0.1, -0.05) is 15.9 Å². The van der Waals surface area contributed by atoms with Crippen molar-refractivity contribution in [2.45, 2.75) is 0 Å². The second kappa shape index (κ2) is 6.23. The summed E-state index contributed by atoms with van der Waals surface area (Å²) in [6.07, 6.45) is 1.34. The molecule has 1 aromatic heterocycles. The van der Waals surface area contributed by atoms with E-state index in [0.717, 1.165) is 6.07 Å². The van der Waals surface area contributed by atoms with E-state index in [1.807, 2.05) is 0 Å². The Balaban J connectivity index is 2.42. The molecule has 0 saturated heterocycles. The molecule has 0 aliphatic heterocycles. The van der Waals surface area contributed by atoms with Crippen molar-refractivity contribution >= 4 is 49.4 Å². The van der Waals surface area contributed by atoms with E-state index in [1.54, 1.807) is 6.07 Å². The number of carbonyl (C=O) groups excluding carboxylic acids is 1. The fourth-order valence-corrected chi connectivity index (χ4v) is 2.97. The van der Waals surface area contributed by atoms with Gasteiger partial charge >= 0.3 is 5.97 Å². The highest BCUT2D eigenvalue weighted by molar-refractivity contribution is 9.11. The van der Waals surface area contributed by atoms with Crippen LogP contribution in [0.4, 0.5) is 5.69 Å². The van der Waals surface area contributed by atoms with E-state index < -0.39 is 17.4 Å². The molecule has 6 nitrogen and oxygen atoms in total. The minimum absolute atomic E-state index is 0.0746. The smallest absolute Gasteiger partial charge is 0.337 e. The average Bonchev–Trinajstić information content (AvgIpc) is 2.41. The summed E-state index contributed by atoms with van der Waals surface area (Å²) in [4.78, 5) is 36.9. The number of amides is 1. The second-order valence-electron chi connectivity index (χ2n) is 4.01. The first-order valence-electron chi connectivity index (χ1n) is 5.61. The van der Waals surface area contributed by atoms with Gasteiger partial charge in [0.2, 0.25) is 5.56 Å². The Hall–Kier alpha value is -1.93. The molecular weight excluding hydrogens is 408 g/mol. The van der Waals surface area contributed by atoms with E-state index in [4.69, 9.17) is 0 Å². The zero-order valence-corrected chi connectivity index (χ0v) is 13.5. The zero-order valence-electron chi connectivity index (χ0n) is 10.3. The maximum absolute atomic E-state index is 12.1. The van der Waals surface area contributed by atoms with Crippen molar-refractivity contribution < 1.29 is 14.7 Å². The van der Waals surface area contributed by atoms with E-state index in [1.165, 1.54) is 18.3 Å². The predicted octanol–water partition coefficient (Wildman–Crippen LogP) is 2.85. The van der Waals surface area contributed by atoms with Crippen LogP contribution in [0.25, 0.3) is 0 Å². The van der Waals surface area contributed by atoms with Gasteiger partial charge in [0, 0.05) is 26.8 Å². The monoisotopic (exact) mass is 414 g/mol. The molecule has 0 radical (unpaired) electrons. The Bertz CT molecular complexity index is 786. The predicted molar refractivity (Wildman–Crippen MR) is 83.8 cm³/mol. The minimum atomic E-state index is -1.18. The van der Waals surface area contributed by atoms with Crippen molar-refractivity contribution in [1.29, 1.82) is 0 Å². The zero-order chi connectivity index (χ0) is 15.6. The van der Waals surface area contributed by atoms with Gasteiger partial charge < -0.3 is 15.4 Å². The number of nitrogens with one attached hydrogen (secondary N) is 2. The highest BCUT2D eigenvalue weighted by Crippen LogP contribution is 2.31. The lowest BCUT2D eigenvalue weighted by atomic mass is 10.1. The average molecular weight is 416 g/mol. The Kier molecular flexibility index (Phi) is 4.59. The Morgan fingerprint density at radius 2 is 1.90 bits per heavy atom. The Labute approximate surface area is 135 Å². The van der Waals surface area contributed by atoms with Gasteiger partial charge in [-0.2, -0.15) is 0 Å². The summed E-state index contributed by atoms with van der Waals surface area (Å²) in [7, 11) is 0. The number of carboxylic acids is 1. The number of anilines is 1. The molecule has 1 heterocycles. The van der Waals surface area contributed by atoms with E-state index in [9.17, 15) is 19.5 Å². The second-order valence-corrected chi connectivity index (χ2v) is 5.78. The number of hydrogen-bond acceptors (Lipinski definition) is 3. The molecule has 0 atom stereocenters. The molecule has 1 amide bonds. The maximum Gasteiger partial charge on any atom is 0.337 e. The van der Waals surface area contributed by atoms with E-state index in [2.05, 4.69) is 42.2 Å². The van der Waals surface area contributed by atoms with Gasteiger partial charge in [0.25, 0.3) is 5.91 Å². The summed E-state index contributed by atoms with van der Waals surface area (Å²) in [6, 6.07) is 5.53. The lowest BCUT2D eigenvalue weighted by Crippen LogP contribution is -2.17. The summed E-state index contributed by atoms with van der Waals surface area (Å²) < 4.78 is 0.966. The van der Waals surface area contributed by atoms with Gasteiger partial charge in [-0.25, -0.2) is 4.79 Å². The number of benzene rings is 1. The van der Waals surface area contributed by atoms with Crippen molar-refractivity contribution in [3.8, 4) is 0 Å². The normalized spacial score (nSPS) is 10.2. The van der Waals surface area contributed by atoms with E-state index in [-0.39, 0.29) is 16.8 Å². The minimum Gasteiger partial charge on any atom is -0.478 e. The Morgan fingerprint density at radius 3 is 2.52 bits per heavy atom. The number of hydrogen-bond donors (Lipinski definition) is 3. The highest BCUT2D eigenvalue weighted by atomic mass is 79.9. The number of halogens is 2. The number of aromatic amines is 1. The van der Waals surface area contributed by atoms with Crippen LogP contribution in [0.3, 0.4) is 0 Å². The molecule has 1 aromatic carbocycles. The molecule has 0 aliphatic rings. The van der Waals surface area contributed by atoms with Crippen molar-refractivity contribution in [2.24, 2.45) is 0 Å². The van der Waals surface area contributed by atoms with Crippen LogP contribution in [0.2, 0.25) is 0 Å². The van der Waals surface area contributed by atoms with Crippen LogP contribution in [0, 0.1) is 0 Å². The van der Waals surface area contributed by atoms with Gasteiger partial charge in [0.1, 0.15) is 0 Å². The molecule has 108 valence electrons. The molecular formula is C13H8Br2N2O4. The molecule has 0 bridgehead atoms. The molecule has 0 unspecified atom stereocenters. The first-order valence-corrected chi connectivity index (χ1v) is 7.19. The van der Waals surface area contributed by atoms with Crippen molar-refractivity contribution in [1.82, 2.24) is 4.98 Å². The number of pyridine rings is 1. The van der Waals surface area contributed by atoms with Crippen LogP contribution in [0.5, 0.6) is 0 Å². The van der Waals surface area contributed by atoms with Crippen LogP contribution in [-0.2, 0) is 0 Å². The number of carbonyl (C=O) groups is 2. The molecule has 8 heteroatoms. The Morgan fingerprint density at radius 1 is 1.19 bits per heavy atom. The van der Waals surface area contributed by atoms with Crippen LogP contribution in [0.1, 0.15) is 20.7 Å². The van der Waals surface area contributed by atoms with Crippen molar-refractivity contribution in [2.75, 3.05) is 5.32 Å². The third-order valence-electron chi connectivity index (χ3n) is 2.56.